The Balaban J connectivity index is 1.66. The predicted molar refractivity (Wildman–Crippen MR) is 100 cm³/mol. The molecule has 2 N–H and O–H groups in total. The smallest absolute Gasteiger partial charge is 0.277 e. The summed E-state index contributed by atoms with van der Waals surface area (Å²) in [5, 5.41) is 8.21. The van der Waals surface area contributed by atoms with Gasteiger partial charge in [-0.1, -0.05) is 30.0 Å². The first-order chi connectivity index (χ1) is 13.0. The van der Waals surface area contributed by atoms with Gasteiger partial charge in [-0.15, -0.1) is 10.2 Å². The van der Waals surface area contributed by atoms with Crippen molar-refractivity contribution in [3.8, 4) is 11.5 Å². The lowest BCUT2D eigenvalue weighted by Crippen LogP contribution is -2.35. The Labute approximate surface area is 159 Å². The van der Waals surface area contributed by atoms with Gasteiger partial charge in [0.2, 0.25) is 11.8 Å². The van der Waals surface area contributed by atoms with Gasteiger partial charge in [0.25, 0.3) is 11.1 Å². The first-order valence-corrected chi connectivity index (χ1v) is 9.17. The molecule has 0 aliphatic carbocycles. The Hall–Kier alpha value is -3.07. The first-order valence-electron chi connectivity index (χ1n) is 8.19. The van der Waals surface area contributed by atoms with E-state index in [4.69, 9.17) is 14.6 Å². The highest BCUT2D eigenvalue weighted by molar-refractivity contribution is 7.99. The quantitative estimate of drug-likeness (QED) is 0.592. The second kappa shape index (κ2) is 8.54. The molecule has 2 heterocycles. The molecule has 0 atom stereocenters. The molecule has 0 bridgehead atoms. The van der Waals surface area contributed by atoms with Crippen molar-refractivity contribution in [2.75, 3.05) is 17.2 Å². The zero-order valence-electron chi connectivity index (χ0n) is 14.6. The summed E-state index contributed by atoms with van der Waals surface area (Å²) in [6.07, 6.45) is 1.62. The van der Waals surface area contributed by atoms with Crippen molar-refractivity contribution in [2.24, 2.45) is 5.73 Å². The molecule has 1 aromatic carbocycles. The van der Waals surface area contributed by atoms with E-state index in [9.17, 15) is 9.59 Å². The number of benzene rings is 1. The highest BCUT2D eigenvalue weighted by Gasteiger charge is 2.19. The molecule has 0 aliphatic rings. The van der Waals surface area contributed by atoms with Crippen LogP contribution in [-0.2, 0) is 9.59 Å². The number of amides is 2. The monoisotopic (exact) mass is 386 g/mol. The minimum Gasteiger partial charge on any atom is -0.469 e. The molecule has 140 valence electrons. The Morgan fingerprint density at radius 1 is 1.19 bits per heavy atom. The summed E-state index contributed by atoms with van der Waals surface area (Å²) in [6, 6.07) is 10.8. The number of carbonyl (C=O) groups is 2. The van der Waals surface area contributed by atoms with Gasteiger partial charge >= 0.3 is 0 Å². The molecule has 0 unspecified atom stereocenters. The number of aryl methyl sites for hydroxylation is 1. The molecule has 0 saturated carbocycles. The van der Waals surface area contributed by atoms with Crippen molar-refractivity contribution in [2.45, 2.75) is 18.6 Å². The summed E-state index contributed by atoms with van der Waals surface area (Å²) < 4.78 is 10.8. The fraction of sp³-hybridized carbons (Fsp3) is 0.222. The third kappa shape index (κ3) is 4.76. The lowest BCUT2D eigenvalue weighted by Gasteiger charge is -2.21. The third-order valence-corrected chi connectivity index (χ3v) is 4.57. The molecule has 3 rings (SSSR count). The molecule has 2 amide bonds. The summed E-state index contributed by atoms with van der Waals surface area (Å²) in [6.45, 7) is 2.01. The van der Waals surface area contributed by atoms with E-state index in [1.165, 1.54) is 4.90 Å². The number of nitrogens with zero attached hydrogens (tertiary/aromatic N) is 3. The molecule has 3 aromatic rings. The van der Waals surface area contributed by atoms with E-state index in [-0.39, 0.29) is 29.8 Å². The van der Waals surface area contributed by atoms with Crippen LogP contribution >= 0.6 is 11.8 Å². The zero-order valence-corrected chi connectivity index (χ0v) is 15.4. The Morgan fingerprint density at radius 3 is 2.63 bits per heavy atom. The highest BCUT2D eigenvalue weighted by atomic mass is 32.2. The number of rotatable bonds is 8. The molecule has 0 spiro atoms. The average Bonchev–Trinajstić information content (AvgIpc) is 3.29. The zero-order chi connectivity index (χ0) is 19.2. The van der Waals surface area contributed by atoms with Crippen molar-refractivity contribution in [3.63, 3.8) is 0 Å². The highest BCUT2D eigenvalue weighted by Crippen LogP contribution is 2.26. The van der Waals surface area contributed by atoms with Crippen LogP contribution < -0.4 is 10.6 Å². The van der Waals surface area contributed by atoms with E-state index in [0.717, 1.165) is 11.8 Å². The fourth-order valence-electron chi connectivity index (χ4n) is 2.41. The largest absolute Gasteiger partial charge is 0.469 e. The van der Waals surface area contributed by atoms with Crippen LogP contribution in [0.4, 0.5) is 5.69 Å². The van der Waals surface area contributed by atoms with Crippen LogP contribution in [0.2, 0.25) is 0 Å². The maximum absolute atomic E-state index is 12.7. The van der Waals surface area contributed by atoms with Gasteiger partial charge in [-0.05, 0) is 25.1 Å². The maximum Gasteiger partial charge on any atom is 0.277 e. The number of para-hydroxylation sites is 1. The maximum atomic E-state index is 12.7. The predicted octanol–water partition coefficient (Wildman–Crippen LogP) is 2.64. The lowest BCUT2D eigenvalue weighted by molar-refractivity contribution is -0.118. The fourth-order valence-corrected chi connectivity index (χ4v) is 3.05. The minimum absolute atomic E-state index is 0.0791. The number of anilines is 1. The molecule has 9 heteroatoms. The summed E-state index contributed by atoms with van der Waals surface area (Å²) in [4.78, 5) is 25.3. The van der Waals surface area contributed by atoms with E-state index in [0.29, 0.717) is 22.9 Å². The molecule has 2 aromatic heterocycles. The number of hydrogen-bond donors (Lipinski definition) is 1. The Kier molecular flexibility index (Phi) is 5.92. The molecule has 0 radical (unpaired) electrons. The van der Waals surface area contributed by atoms with Gasteiger partial charge in [0.05, 0.1) is 17.6 Å². The van der Waals surface area contributed by atoms with E-state index in [2.05, 4.69) is 10.2 Å². The Morgan fingerprint density at radius 2 is 1.96 bits per heavy atom. The Bertz CT molecular complexity index is 922. The number of nitrogens with two attached hydrogens (primary N) is 1. The van der Waals surface area contributed by atoms with E-state index in [1.807, 2.05) is 18.2 Å². The van der Waals surface area contributed by atoms with Crippen molar-refractivity contribution in [3.05, 3.63) is 48.4 Å². The summed E-state index contributed by atoms with van der Waals surface area (Å²) >= 11 is 1.13. The standard InChI is InChI=1S/C18H18N4O4S/c1-12-14(8-10-25-12)17-20-21-18(26-17)27-11-16(24)22(9-7-15(19)23)13-5-3-2-4-6-13/h2-6,8,10H,7,9,11H2,1H3,(H2,19,23). The van der Waals surface area contributed by atoms with Gasteiger partial charge < -0.3 is 19.5 Å². The molecule has 8 nitrogen and oxygen atoms in total. The second-order valence-electron chi connectivity index (χ2n) is 5.65. The van der Waals surface area contributed by atoms with Crippen LogP contribution in [0.5, 0.6) is 0 Å². The number of thioether (sulfide) groups is 1. The number of furan rings is 1. The van der Waals surface area contributed by atoms with Crippen molar-refractivity contribution in [1.29, 1.82) is 0 Å². The van der Waals surface area contributed by atoms with Crippen molar-refractivity contribution < 1.29 is 18.4 Å². The molecular weight excluding hydrogens is 368 g/mol. The number of primary amides is 1. The van der Waals surface area contributed by atoms with Crippen molar-refractivity contribution in [1.82, 2.24) is 10.2 Å². The van der Waals surface area contributed by atoms with E-state index >= 15 is 0 Å². The lowest BCUT2D eigenvalue weighted by atomic mass is 10.2. The third-order valence-electron chi connectivity index (χ3n) is 3.77. The summed E-state index contributed by atoms with van der Waals surface area (Å²) in [5.41, 5.74) is 6.64. The number of carbonyl (C=O) groups excluding carboxylic acids is 2. The second-order valence-corrected chi connectivity index (χ2v) is 6.58. The number of aromatic nitrogens is 2. The van der Waals surface area contributed by atoms with Crippen LogP contribution in [0.15, 0.2) is 56.7 Å². The van der Waals surface area contributed by atoms with Crippen LogP contribution in [0.1, 0.15) is 12.2 Å². The first kappa shape index (κ1) is 18.7. The summed E-state index contributed by atoms with van der Waals surface area (Å²) in [5.74, 6) is 0.442. The van der Waals surface area contributed by atoms with Gasteiger partial charge in [-0.2, -0.15) is 0 Å². The van der Waals surface area contributed by atoms with Gasteiger partial charge in [0, 0.05) is 18.7 Å². The average molecular weight is 386 g/mol. The van der Waals surface area contributed by atoms with E-state index in [1.54, 1.807) is 31.4 Å². The molecule has 0 saturated heterocycles. The van der Waals surface area contributed by atoms with Gasteiger partial charge in [-0.25, -0.2) is 0 Å². The van der Waals surface area contributed by atoms with E-state index < -0.39 is 5.91 Å². The number of hydrogen-bond acceptors (Lipinski definition) is 7. The topological polar surface area (TPSA) is 115 Å². The minimum atomic E-state index is -0.464. The SMILES string of the molecule is Cc1occc1-c1nnc(SCC(=O)N(CCC(N)=O)c2ccccc2)o1. The van der Waals surface area contributed by atoms with Crippen LogP contribution in [0.25, 0.3) is 11.5 Å². The molecule has 27 heavy (non-hydrogen) atoms. The van der Waals surface area contributed by atoms with Gasteiger partial charge in [0.15, 0.2) is 0 Å². The summed E-state index contributed by atoms with van der Waals surface area (Å²) in [7, 11) is 0. The van der Waals surface area contributed by atoms with Gasteiger partial charge in [-0.3, -0.25) is 9.59 Å². The molecule has 0 fully saturated rings. The normalized spacial score (nSPS) is 10.7. The van der Waals surface area contributed by atoms with Crippen molar-refractivity contribution >= 4 is 29.3 Å². The molecular formula is C18H18N4O4S. The van der Waals surface area contributed by atoms with Gasteiger partial charge in [0.1, 0.15) is 5.76 Å². The van der Waals surface area contributed by atoms with Crippen LogP contribution in [-0.4, -0.2) is 34.3 Å². The molecule has 0 aliphatic heterocycles. The van der Waals surface area contributed by atoms with Crippen LogP contribution in [0, 0.1) is 6.92 Å². The van der Waals surface area contributed by atoms with Crippen LogP contribution in [0.3, 0.4) is 0 Å².